The van der Waals surface area contributed by atoms with Crippen LogP contribution in [-0.4, -0.2) is 27.4 Å². The van der Waals surface area contributed by atoms with Gasteiger partial charge in [-0.2, -0.15) is 0 Å². The smallest absolute Gasteiger partial charge is 0.263 e. The Balaban J connectivity index is 1.76. The maximum atomic E-state index is 13.3. The Hall–Kier alpha value is -3.47. The van der Waals surface area contributed by atoms with Crippen LogP contribution < -0.4 is 0 Å². The summed E-state index contributed by atoms with van der Waals surface area (Å²) in [6.07, 6.45) is 3.96. The van der Waals surface area contributed by atoms with Gasteiger partial charge in [-0.25, -0.2) is 0 Å². The summed E-state index contributed by atoms with van der Waals surface area (Å²) in [5.74, 6) is -0.732. The van der Waals surface area contributed by atoms with Gasteiger partial charge in [-0.15, -0.1) is 0 Å². The first-order valence-corrected chi connectivity index (χ1v) is 9.63. The Morgan fingerprint density at radius 2 is 1.86 bits per heavy atom. The maximum absolute atomic E-state index is 13.3. The van der Waals surface area contributed by atoms with Gasteiger partial charge in [0.25, 0.3) is 5.91 Å². The number of piperidine rings is 1. The summed E-state index contributed by atoms with van der Waals surface area (Å²) in [7, 11) is 0. The number of aliphatic imine (C=N–C) groups is 1. The number of allylic oxidation sites excluding steroid dienone is 1. The van der Waals surface area contributed by atoms with E-state index in [2.05, 4.69) is 0 Å². The molecule has 1 unspecified atom stereocenters. The SMILES string of the molecule is CC(=O)C/C(O)=C1\C(=O)N2C=Cc3ccccc3C2CC1=NCc1ccccc1. The van der Waals surface area contributed by atoms with E-state index in [1.165, 1.54) is 6.92 Å². The molecule has 1 saturated heterocycles. The van der Waals surface area contributed by atoms with Gasteiger partial charge in [0.1, 0.15) is 11.5 Å². The standard InChI is InChI=1S/C24H22N2O3/c1-16(27)13-22(28)23-20(25-15-17-7-3-2-4-8-17)14-21-19-10-6-5-9-18(19)11-12-26(21)24(23)29/h2-12,21,28H,13-15H2,1H3/b23-22+,25-20?. The zero-order chi connectivity index (χ0) is 20.4. The molecule has 1 amide bonds. The number of carbonyl (C=O) groups is 2. The van der Waals surface area contributed by atoms with Crippen molar-refractivity contribution in [1.29, 1.82) is 0 Å². The molecule has 2 aliphatic heterocycles. The number of nitrogens with zero attached hydrogens (tertiary/aromatic N) is 2. The van der Waals surface area contributed by atoms with Crippen molar-refractivity contribution >= 4 is 23.5 Å². The minimum absolute atomic E-state index is 0.149. The van der Waals surface area contributed by atoms with Crippen molar-refractivity contribution in [3.63, 3.8) is 0 Å². The third-order valence-corrected chi connectivity index (χ3v) is 5.23. The van der Waals surface area contributed by atoms with E-state index in [0.29, 0.717) is 18.7 Å². The van der Waals surface area contributed by atoms with E-state index in [-0.39, 0.29) is 35.5 Å². The van der Waals surface area contributed by atoms with E-state index in [0.717, 1.165) is 16.7 Å². The van der Waals surface area contributed by atoms with Crippen LogP contribution in [0.4, 0.5) is 0 Å². The minimum Gasteiger partial charge on any atom is -0.511 e. The van der Waals surface area contributed by atoms with Crippen LogP contribution in [0.15, 0.2) is 77.1 Å². The Morgan fingerprint density at radius 1 is 1.14 bits per heavy atom. The first-order chi connectivity index (χ1) is 14.0. The van der Waals surface area contributed by atoms with E-state index in [1.54, 1.807) is 11.1 Å². The molecule has 0 radical (unpaired) electrons. The molecule has 0 aliphatic carbocycles. The number of ketones is 1. The lowest BCUT2D eigenvalue weighted by Crippen LogP contribution is -2.42. The fraction of sp³-hybridized carbons (Fsp3) is 0.208. The summed E-state index contributed by atoms with van der Waals surface area (Å²) in [4.78, 5) is 31.2. The van der Waals surface area contributed by atoms with Crippen molar-refractivity contribution in [2.75, 3.05) is 0 Å². The molecule has 2 aromatic rings. The second kappa shape index (κ2) is 7.87. The molecule has 29 heavy (non-hydrogen) atoms. The Labute approximate surface area is 169 Å². The normalized spacial score (nSPS) is 21.0. The lowest BCUT2D eigenvalue weighted by atomic mass is 9.85. The zero-order valence-electron chi connectivity index (χ0n) is 16.2. The highest BCUT2D eigenvalue weighted by Crippen LogP contribution is 2.39. The molecule has 146 valence electrons. The number of benzene rings is 2. The molecule has 0 aromatic heterocycles. The number of hydrogen-bond acceptors (Lipinski definition) is 4. The maximum Gasteiger partial charge on any atom is 0.263 e. The molecule has 1 fully saturated rings. The summed E-state index contributed by atoms with van der Waals surface area (Å²) in [6.45, 7) is 1.80. The molecule has 5 heteroatoms. The van der Waals surface area contributed by atoms with E-state index in [4.69, 9.17) is 4.99 Å². The van der Waals surface area contributed by atoms with E-state index >= 15 is 0 Å². The topological polar surface area (TPSA) is 70.0 Å². The van der Waals surface area contributed by atoms with Gasteiger partial charge in [0, 0.05) is 12.6 Å². The number of Topliss-reactive ketones (excluding diaryl/α,β-unsaturated/α-hetero) is 1. The zero-order valence-corrected chi connectivity index (χ0v) is 16.2. The van der Waals surface area contributed by atoms with E-state index in [9.17, 15) is 14.7 Å². The third-order valence-electron chi connectivity index (χ3n) is 5.23. The Bertz CT molecular complexity index is 1050. The second-order valence-electron chi connectivity index (χ2n) is 7.33. The van der Waals surface area contributed by atoms with E-state index < -0.39 is 0 Å². The number of hydrogen-bond donors (Lipinski definition) is 1. The molecule has 0 bridgehead atoms. The van der Waals surface area contributed by atoms with Gasteiger partial charge < -0.3 is 10.0 Å². The molecule has 2 aliphatic rings. The predicted octanol–water partition coefficient (Wildman–Crippen LogP) is 4.38. The number of amides is 1. The molecule has 1 N–H and O–H groups in total. The second-order valence-corrected chi connectivity index (χ2v) is 7.33. The van der Waals surface area contributed by atoms with Gasteiger partial charge in [0.15, 0.2) is 0 Å². The van der Waals surface area contributed by atoms with Crippen molar-refractivity contribution in [2.24, 2.45) is 4.99 Å². The van der Waals surface area contributed by atoms with Gasteiger partial charge >= 0.3 is 0 Å². The summed E-state index contributed by atoms with van der Waals surface area (Å²) in [6, 6.07) is 17.6. The quantitative estimate of drug-likeness (QED) is 0.626. The third kappa shape index (κ3) is 3.76. The van der Waals surface area contributed by atoms with Gasteiger partial charge in [0.05, 0.1) is 30.3 Å². The van der Waals surface area contributed by atoms with Crippen LogP contribution in [0.3, 0.4) is 0 Å². The average molecular weight is 386 g/mol. The Morgan fingerprint density at radius 3 is 2.62 bits per heavy atom. The molecule has 4 rings (SSSR count). The lowest BCUT2D eigenvalue weighted by molar-refractivity contribution is -0.126. The largest absolute Gasteiger partial charge is 0.511 e. The highest BCUT2D eigenvalue weighted by atomic mass is 16.3. The summed E-state index contributed by atoms with van der Waals surface area (Å²) < 4.78 is 0. The molecular formula is C24H22N2O3. The van der Waals surface area contributed by atoms with Crippen LogP contribution in [0.25, 0.3) is 6.08 Å². The average Bonchev–Trinajstić information content (AvgIpc) is 2.72. The van der Waals surface area contributed by atoms with Gasteiger partial charge in [-0.05, 0) is 29.7 Å². The van der Waals surface area contributed by atoms with Gasteiger partial charge in [-0.1, -0.05) is 54.6 Å². The van der Waals surface area contributed by atoms with Crippen molar-refractivity contribution < 1.29 is 14.7 Å². The predicted molar refractivity (Wildman–Crippen MR) is 112 cm³/mol. The summed E-state index contributed by atoms with van der Waals surface area (Å²) in [5, 5.41) is 10.6. The van der Waals surface area contributed by atoms with Crippen LogP contribution >= 0.6 is 0 Å². The van der Waals surface area contributed by atoms with Crippen LogP contribution in [0.5, 0.6) is 0 Å². The number of aliphatic hydroxyl groups excluding tert-OH is 1. The number of carbonyl (C=O) groups excluding carboxylic acids is 2. The molecule has 2 aromatic carbocycles. The minimum atomic E-state index is -0.322. The number of aliphatic hydroxyl groups is 1. The molecule has 0 spiro atoms. The van der Waals surface area contributed by atoms with Crippen molar-refractivity contribution in [1.82, 2.24) is 4.90 Å². The fourth-order valence-electron chi connectivity index (χ4n) is 3.86. The first-order valence-electron chi connectivity index (χ1n) is 9.63. The fourth-order valence-corrected chi connectivity index (χ4v) is 3.86. The van der Waals surface area contributed by atoms with Crippen molar-refractivity contribution in [3.8, 4) is 0 Å². The van der Waals surface area contributed by atoms with Crippen LogP contribution in [-0.2, 0) is 16.1 Å². The highest BCUT2D eigenvalue weighted by molar-refractivity contribution is 6.24. The number of rotatable bonds is 4. The van der Waals surface area contributed by atoms with Crippen LogP contribution in [0.2, 0.25) is 0 Å². The monoisotopic (exact) mass is 386 g/mol. The first kappa shape index (κ1) is 18.9. The molecule has 2 heterocycles. The summed E-state index contributed by atoms with van der Waals surface area (Å²) in [5.41, 5.74) is 3.84. The van der Waals surface area contributed by atoms with Gasteiger partial charge in [0.2, 0.25) is 0 Å². The molecular weight excluding hydrogens is 364 g/mol. The molecule has 1 atom stereocenters. The molecule has 0 saturated carbocycles. The number of fused-ring (bicyclic) bond motifs is 3. The highest BCUT2D eigenvalue weighted by Gasteiger charge is 2.39. The Kier molecular flexibility index (Phi) is 5.12. The van der Waals surface area contributed by atoms with E-state index in [1.807, 2.05) is 60.7 Å². The summed E-state index contributed by atoms with van der Waals surface area (Å²) >= 11 is 0. The van der Waals surface area contributed by atoms with Crippen molar-refractivity contribution in [3.05, 3.63) is 88.8 Å². The van der Waals surface area contributed by atoms with Crippen LogP contribution in [0.1, 0.15) is 42.5 Å². The van der Waals surface area contributed by atoms with Crippen molar-refractivity contribution in [2.45, 2.75) is 32.4 Å². The van der Waals surface area contributed by atoms with Gasteiger partial charge in [-0.3, -0.25) is 14.6 Å². The van der Waals surface area contributed by atoms with Crippen LogP contribution in [0, 0.1) is 0 Å². The lowest BCUT2D eigenvalue weighted by Gasteiger charge is -2.38. The molecule has 5 nitrogen and oxygen atoms in total.